The highest BCUT2D eigenvalue weighted by Crippen LogP contribution is 2.33. The van der Waals surface area contributed by atoms with Crippen molar-refractivity contribution in [3.05, 3.63) is 58.7 Å². The summed E-state index contributed by atoms with van der Waals surface area (Å²) in [7, 11) is 1.33. The zero-order valence-electron chi connectivity index (χ0n) is 16.7. The van der Waals surface area contributed by atoms with E-state index in [0.29, 0.717) is 24.2 Å². The minimum atomic E-state index is -0.414. The van der Waals surface area contributed by atoms with Crippen LogP contribution in [-0.4, -0.2) is 40.6 Å². The molecule has 2 aromatic carbocycles. The summed E-state index contributed by atoms with van der Waals surface area (Å²) in [6.45, 7) is 6.64. The van der Waals surface area contributed by atoms with E-state index in [-0.39, 0.29) is 28.9 Å². The second kappa shape index (κ2) is 9.26. The van der Waals surface area contributed by atoms with E-state index < -0.39 is 5.97 Å². The minimum Gasteiger partial charge on any atom is -0.508 e. The zero-order valence-corrected chi connectivity index (χ0v) is 16.7. The van der Waals surface area contributed by atoms with Crippen LogP contribution in [0.1, 0.15) is 65.0 Å². The van der Waals surface area contributed by atoms with Crippen molar-refractivity contribution in [3.8, 4) is 11.5 Å². The highest BCUT2D eigenvalue weighted by Gasteiger charge is 2.22. The van der Waals surface area contributed by atoms with Gasteiger partial charge in [0.1, 0.15) is 11.5 Å². The van der Waals surface area contributed by atoms with Crippen molar-refractivity contribution >= 4 is 11.9 Å². The van der Waals surface area contributed by atoms with Crippen molar-refractivity contribution in [2.75, 3.05) is 13.7 Å². The molecule has 0 saturated carbocycles. The van der Waals surface area contributed by atoms with E-state index in [0.717, 1.165) is 12.0 Å². The monoisotopic (exact) mass is 385 g/mol. The lowest BCUT2D eigenvalue weighted by atomic mass is 9.98. The Morgan fingerprint density at radius 2 is 1.71 bits per heavy atom. The van der Waals surface area contributed by atoms with Crippen LogP contribution in [0, 0.1) is 0 Å². The Kier molecular flexibility index (Phi) is 7.04. The topological polar surface area (TPSA) is 87.1 Å². The number of ether oxygens (including phenoxy) is 1. The number of amides is 1. The molecule has 0 atom stereocenters. The first-order valence-electron chi connectivity index (χ1n) is 9.30. The fourth-order valence-electron chi connectivity index (χ4n) is 3.00. The summed E-state index contributed by atoms with van der Waals surface area (Å²) in [5.74, 6) is -0.974. The lowest BCUT2D eigenvalue weighted by Gasteiger charge is -2.23. The van der Waals surface area contributed by atoms with Crippen LogP contribution in [0.3, 0.4) is 0 Å². The molecule has 0 aromatic heterocycles. The number of hydrogen-bond acceptors (Lipinski definition) is 5. The van der Waals surface area contributed by atoms with Gasteiger partial charge in [-0.05, 0) is 41.7 Å². The first-order chi connectivity index (χ1) is 13.3. The van der Waals surface area contributed by atoms with Crippen LogP contribution in [0.5, 0.6) is 11.5 Å². The molecule has 1 amide bonds. The van der Waals surface area contributed by atoms with Gasteiger partial charge in [-0.2, -0.15) is 0 Å². The molecule has 6 heteroatoms. The van der Waals surface area contributed by atoms with E-state index in [2.05, 4.69) is 0 Å². The van der Waals surface area contributed by atoms with Gasteiger partial charge in [0, 0.05) is 19.2 Å². The molecule has 2 aromatic rings. The van der Waals surface area contributed by atoms with E-state index in [1.54, 1.807) is 35.2 Å². The number of carbonyl (C=O) groups is 2. The second-order valence-electron chi connectivity index (χ2n) is 7.00. The highest BCUT2D eigenvalue weighted by atomic mass is 16.5. The molecule has 0 fully saturated rings. The van der Waals surface area contributed by atoms with Crippen LogP contribution < -0.4 is 0 Å². The van der Waals surface area contributed by atoms with Gasteiger partial charge < -0.3 is 19.8 Å². The second-order valence-corrected chi connectivity index (χ2v) is 7.00. The van der Waals surface area contributed by atoms with Crippen LogP contribution in [0.15, 0.2) is 36.4 Å². The van der Waals surface area contributed by atoms with E-state index in [1.165, 1.54) is 13.2 Å². The maximum absolute atomic E-state index is 13.1. The standard InChI is InChI=1S/C22H27NO5/c1-5-10-23(13-15-6-8-16(9-7-15)22(27)28-4)21(26)18-11-17(14(2)3)19(24)12-20(18)25/h6-9,11-12,14,24-25H,5,10,13H2,1-4H3. The van der Waals surface area contributed by atoms with Gasteiger partial charge in [0.15, 0.2) is 0 Å². The molecule has 0 aliphatic rings. The minimum absolute atomic E-state index is 0.0117. The van der Waals surface area contributed by atoms with Gasteiger partial charge >= 0.3 is 5.97 Å². The van der Waals surface area contributed by atoms with Crippen molar-refractivity contribution < 1.29 is 24.5 Å². The number of carbonyl (C=O) groups excluding carboxylic acids is 2. The normalized spacial score (nSPS) is 10.8. The molecule has 0 radical (unpaired) electrons. The number of phenolic OH excluding ortho intramolecular Hbond substituents is 2. The summed E-state index contributed by atoms with van der Waals surface area (Å²) in [4.78, 5) is 26.3. The molecule has 0 aliphatic carbocycles. The van der Waals surface area contributed by atoms with Crippen molar-refractivity contribution in [2.45, 2.75) is 39.7 Å². The van der Waals surface area contributed by atoms with Gasteiger partial charge in [-0.25, -0.2) is 4.79 Å². The Labute approximate surface area is 165 Å². The SMILES string of the molecule is CCCN(Cc1ccc(C(=O)OC)cc1)C(=O)c1cc(C(C)C)c(O)cc1O. The molecule has 0 heterocycles. The van der Waals surface area contributed by atoms with E-state index in [9.17, 15) is 19.8 Å². The lowest BCUT2D eigenvalue weighted by molar-refractivity contribution is 0.0600. The molecular formula is C22H27NO5. The van der Waals surface area contributed by atoms with E-state index >= 15 is 0 Å². The van der Waals surface area contributed by atoms with Crippen LogP contribution in [-0.2, 0) is 11.3 Å². The molecule has 150 valence electrons. The molecule has 0 spiro atoms. The fraction of sp³-hybridized carbons (Fsp3) is 0.364. The number of phenols is 2. The van der Waals surface area contributed by atoms with E-state index in [4.69, 9.17) is 4.74 Å². The van der Waals surface area contributed by atoms with Gasteiger partial charge in [-0.15, -0.1) is 0 Å². The smallest absolute Gasteiger partial charge is 0.337 e. The molecule has 2 N–H and O–H groups in total. The van der Waals surface area contributed by atoms with Gasteiger partial charge in [0.2, 0.25) is 0 Å². The zero-order chi connectivity index (χ0) is 20.8. The lowest BCUT2D eigenvalue weighted by Crippen LogP contribution is -2.31. The molecule has 28 heavy (non-hydrogen) atoms. The Bertz CT molecular complexity index is 843. The van der Waals surface area contributed by atoms with Gasteiger partial charge in [-0.3, -0.25) is 4.79 Å². The average Bonchev–Trinajstić information content (AvgIpc) is 2.67. The summed E-state index contributed by atoms with van der Waals surface area (Å²) in [5.41, 5.74) is 2.08. The predicted molar refractivity (Wildman–Crippen MR) is 107 cm³/mol. The van der Waals surface area contributed by atoms with E-state index in [1.807, 2.05) is 20.8 Å². The van der Waals surface area contributed by atoms with Gasteiger partial charge in [-0.1, -0.05) is 32.9 Å². The van der Waals surface area contributed by atoms with Crippen molar-refractivity contribution in [3.63, 3.8) is 0 Å². The maximum atomic E-state index is 13.1. The number of rotatable bonds is 7. The molecule has 2 rings (SSSR count). The van der Waals surface area contributed by atoms with Crippen molar-refractivity contribution in [1.82, 2.24) is 4.90 Å². The third-order valence-electron chi connectivity index (χ3n) is 4.53. The summed E-state index contributed by atoms with van der Waals surface area (Å²) in [6.07, 6.45) is 0.752. The number of hydrogen-bond donors (Lipinski definition) is 2. The predicted octanol–water partition coefficient (Wildman–Crippen LogP) is 4.06. The number of benzene rings is 2. The Morgan fingerprint density at radius 1 is 1.07 bits per heavy atom. The molecule has 0 bridgehead atoms. The third kappa shape index (κ3) is 4.82. The highest BCUT2D eigenvalue weighted by molar-refractivity contribution is 5.97. The van der Waals surface area contributed by atoms with Crippen molar-refractivity contribution in [1.29, 1.82) is 0 Å². The number of nitrogens with zero attached hydrogens (tertiary/aromatic N) is 1. The molecule has 6 nitrogen and oxygen atoms in total. The first kappa shape index (κ1) is 21.3. The summed E-state index contributed by atoms with van der Waals surface area (Å²) in [5, 5.41) is 20.2. The molecule has 0 aliphatic heterocycles. The quantitative estimate of drug-likeness (QED) is 0.702. The van der Waals surface area contributed by atoms with Gasteiger partial charge in [0.25, 0.3) is 5.91 Å². The Balaban J connectivity index is 2.29. The van der Waals surface area contributed by atoms with Crippen LogP contribution in [0.4, 0.5) is 0 Å². The summed E-state index contributed by atoms with van der Waals surface area (Å²) >= 11 is 0. The largest absolute Gasteiger partial charge is 0.508 e. The van der Waals surface area contributed by atoms with Crippen LogP contribution >= 0.6 is 0 Å². The molecular weight excluding hydrogens is 358 g/mol. The fourth-order valence-corrected chi connectivity index (χ4v) is 3.00. The number of esters is 1. The molecule has 0 unspecified atom stereocenters. The average molecular weight is 385 g/mol. The van der Waals surface area contributed by atoms with Crippen molar-refractivity contribution in [2.24, 2.45) is 0 Å². The number of methoxy groups -OCH3 is 1. The molecule has 0 saturated heterocycles. The third-order valence-corrected chi connectivity index (χ3v) is 4.53. The summed E-state index contributed by atoms with van der Waals surface area (Å²) < 4.78 is 4.69. The maximum Gasteiger partial charge on any atom is 0.337 e. The number of aromatic hydroxyl groups is 2. The van der Waals surface area contributed by atoms with Gasteiger partial charge in [0.05, 0.1) is 18.2 Å². The van der Waals surface area contributed by atoms with Crippen LogP contribution in [0.2, 0.25) is 0 Å². The Hall–Kier alpha value is -3.02. The Morgan fingerprint density at radius 3 is 2.25 bits per heavy atom. The van der Waals surface area contributed by atoms with Crippen LogP contribution in [0.25, 0.3) is 0 Å². The first-order valence-corrected chi connectivity index (χ1v) is 9.30. The summed E-state index contributed by atoms with van der Waals surface area (Å²) in [6, 6.07) is 9.64.